The Morgan fingerprint density at radius 1 is 1.13 bits per heavy atom. The fourth-order valence-corrected chi connectivity index (χ4v) is 3.05. The maximum absolute atomic E-state index is 6.18. The standard InChI is InChI=1S/C14H15N5O2S.ClH/c15-14(5-1-6-14)13-17-11(21-19-13)3-2-10-16-12(18-20-10)9-4-7-22-8-9;/h4,7-8H,1-3,5-6,15H2;1H. The van der Waals surface area contributed by atoms with E-state index >= 15 is 0 Å². The van der Waals surface area contributed by atoms with Gasteiger partial charge in [0.25, 0.3) is 0 Å². The molecule has 0 saturated heterocycles. The van der Waals surface area contributed by atoms with Gasteiger partial charge in [-0.25, -0.2) is 0 Å². The first-order valence-corrected chi connectivity index (χ1v) is 8.14. The maximum atomic E-state index is 6.18. The van der Waals surface area contributed by atoms with Gasteiger partial charge >= 0.3 is 0 Å². The van der Waals surface area contributed by atoms with Gasteiger partial charge in [0.2, 0.25) is 17.6 Å². The van der Waals surface area contributed by atoms with E-state index < -0.39 is 5.54 Å². The Kier molecular flexibility index (Phi) is 4.47. The fraction of sp³-hybridized carbons (Fsp3) is 0.429. The Hall–Kier alpha value is -1.77. The second-order valence-electron chi connectivity index (χ2n) is 5.55. The molecule has 0 bridgehead atoms. The highest BCUT2D eigenvalue weighted by atomic mass is 35.5. The average Bonchev–Trinajstić information content (AvgIpc) is 3.21. The molecule has 7 nitrogen and oxygen atoms in total. The highest BCUT2D eigenvalue weighted by Gasteiger charge is 2.38. The molecule has 3 aromatic rings. The first-order chi connectivity index (χ1) is 10.7. The molecular weight excluding hydrogens is 338 g/mol. The zero-order valence-electron chi connectivity index (χ0n) is 12.3. The summed E-state index contributed by atoms with van der Waals surface area (Å²) >= 11 is 1.60. The number of thiophene rings is 1. The normalized spacial score (nSPS) is 15.9. The van der Waals surface area contributed by atoms with Gasteiger partial charge in [-0.2, -0.15) is 21.3 Å². The minimum atomic E-state index is -0.391. The predicted molar refractivity (Wildman–Crippen MR) is 86.3 cm³/mol. The third-order valence-corrected chi connectivity index (χ3v) is 4.64. The second kappa shape index (κ2) is 6.38. The van der Waals surface area contributed by atoms with Crippen molar-refractivity contribution in [3.8, 4) is 11.4 Å². The Labute approximate surface area is 142 Å². The van der Waals surface area contributed by atoms with E-state index in [1.807, 2.05) is 16.8 Å². The van der Waals surface area contributed by atoms with Crippen LogP contribution in [-0.4, -0.2) is 20.3 Å². The number of hydrogen-bond acceptors (Lipinski definition) is 8. The molecule has 0 spiro atoms. The van der Waals surface area contributed by atoms with E-state index in [0.29, 0.717) is 36.3 Å². The number of rotatable bonds is 5. The SMILES string of the molecule is Cl.NC1(c2noc(CCc3nc(-c4ccsc4)no3)n2)CCC1. The molecule has 0 unspecified atom stereocenters. The molecule has 1 aliphatic rings. The third kappa shape index (κ3) is 3.15. The molecular formula is C14H16ClN5O2S. The van der Waals surface area contributed by atoms with Gasteiger partial charge in [-0.05, 0) is 30.7 Å². The Bertz CT molecular complexity index is 766. The first kappa shape index (κ1) is 16.1. The summed E-state index contributed by atoms with van der Waals surface area (Å²) in [6.07, 6.45) is 4.08. The number of nitrogens with zero attached hydrogens (tertiary/aromatic N) is 4. The molecule has 0 amide bonds. The van der Waals surface area contributed by atoms with E-state index in [1.165, 1.54) is 0 Å². The number of nitrogens with two attached hydrogens (primary N) is 1. The summed E-state index contributed by atoms with van der Waals surface area (Å²) in [6, 6.07) is 1.96. The van der Waals surface area contributed by atoms with Crippen LogP contribution in [0.1, 0.15) is 36.9 Å². The van der Waals surface area contributed by atoms with Gasteiger partial charge in [0.15, 0.2) is 5.82 Å². The van der Waals surface area contributed by atoms with Crippen LogP contribution in [0.5, 0.6) is 0 Å². The monoisotopic (exact) mass is 353 g/mol. The summed E-state index contributed by atoms with van der Waals surface area (Å²) in [6.45, 7) is 0. The van der Waals surface area contributed by atoms with Gasteiger partial charge in [-0.15, -0.1) is 12.4 Å². The van der Waals surface area contributed by atoms with Crippen molar-refractivity contribution in [3.63, 3.8) is 0 Å². The molecule has 3 aromatic heterocycles. The summed E-state index contributed by atoms with van der Waals surface area (Å²) in [5, 5.41) is 11.9. The van der Waals surface area contributed by atoms with Crippen LogP contribution in [0.3, 0.4) is 0 Å². The molecule has 2 N–H and O–H groups in total. The van der Waals surface area contributed by atoms with Crippen LogP contribution < -0.4 is 5.73 Å². The lowest BCUT2D eigenvalue weighted by Gasteiger charge is -2.34. The molecule has 0 atom stereocenters. The molecule has 9 heteroatoms. The largest absolute Gasteiger partial charge is 0.339 e. The van der Waals surface area contributed by atoms with Crippen molar-refractivity contribution < 1.29 is 9.05 Å². The Morgan fingerprint density at radius 3 is 2.52 bits per heavy atom. The lowest BCUT2D eigenvalue weighted by Crippen LogP contribution is -2.44. The lowest BCUT2D eigenvalue weighted by atomic mass is 9.77. The molecule has 0 radical (unpaired) electrons. The Balaban J connectivity index is 0.00000156. The fourth-order valence-electron chi connectivity index (χ4n) is 2.42. The molecule has 1 fully saturated rings. The smallest absolute Gasteiger partial charge is 0.227 e. The van der Waals surface area contributed by atoms with Crippen LogP contribution in [0.25, 0.3) is 11.4 Å². The second-order valence-corrected chi connectivity index (χ2v) is 6.33. The van der Waals surface area contributed by atoms with E-state index in [9.17, 15) is 0 Å². The minimum Gasteiger partial charge on any atom is -0.339 e. The van der Waals surface area contributed by atoms with Crippen LogP contribution in [0, 0.1) is 0 Å². The Morgan fingerprint density at radius 2 is 1.87 bits per heavy atom. The minimum absolute atomic E-state index is 0. The molecule has 0 aliphatic heterocycles. The summed E-state index contributed by atoms with van der Waals surface area (Å²) in [5.74, 6) is 2.34. The number of aromatic nitrogens is 4. The molecule has 3 heterocycles. The van der Waals surface area contributed by atoms with E-state index in [-0.39, 0.29) is 12.4 Å². The van der Waals surface area contributed by atoms with Crippen molar-refractivity contribution in [2.24, 2.45) is 5.73 Å². The van der Waals surface area contributed by atoms with Gasteiger partial charge in [-0.3, -0.25) is 0 Å². The van der Waals surface area contributed by atoms with Crippen molar-refractivity contribution in [3.05, 3.63) is 34.4 Å². The van der Waals surface area contributed by atoms with Crippen molar-refractivity contribution in [2.45, 2.75) is 37.6 Å². The van der Waals surface area contributed by atoms with Crippen molar-refractivity contribution in [2.75, 3.05) is 0 Å². The lowest BCUT2D eigenvalue weighted by molar-refractivity contribution is 0.229. The number of aryl methyl sites for hydroxylation is 2. The summed E-state index contributed by atoms with van der Waals surface area (Å²) in [4.78, 5) is 8.75. The number of hydrogen-bond donors (Lipinski definition) is 1. The molecule has 1 aliphatic carbocycles. The van der Waals surface area contributed by atoms with Crippen molar-refractivity contribution >= 4 is 23.7 Å². The highest BCUT2D eigenvalue weighted by Crippen LogP contribution is 2.36. The third-order valence-electron chi connectivity index (χ3n) is 3.96. The first-order valence-electron chi connectivity index (χ1n) is 7.20. The summed E-state index contributed by atoms with van der Waals surface area (Å²) < 4.78 is 10.5. The zero-order valence-corrected chi connectivity index (χ0v) is 13.9. The van der Waals surface area contributed by atoms with Crippen molar-refractivity contribution in [1.29, 1.82) is 0 Å². The average molecular weight is 354 g/mol. The van der Waals surface area contributed by atoms with Crippen LogP contribution in [0.4, 0.5) is 0 Å². The van der Waals surface area contributed by atoms with Gasteiger partial charge in [-0.1, -0.05) is 10.3 Å². The van der Waals surface area contributed by atoms with Gasteiger partial charge < -0.3 is 14.8 Å². The van der Waals surface area contributed by atoms with Crippen LogP contribution in [-0.2, 0) is 18.4 Å². The van der Waals surface area contributed by atoms with E-state index in [2.05, 4.69) is 20.3 Å². The summed E-state index contributed by atoms with van der Waals surface area (Å²) in [7, 11) is 0. The van der Waals surface area contributed by atoms with E-state index in [4.69, 9.17) is 14.8 Å². The molecule has 4 rings (SSSR count). The zero-order chi connectivity index (χ0) is 15.0. The van der Waals surface area contributed by atoms with Gasteiger partial charge in [0.1, 0.15) is 0 Å². The van der Waals surface area contributed by atoms with Gasteiger partial charge in [0, 0.05) is 23.8 Å². The van der Waals surface area contributed by atoms with Crippen LogP contribution >= 0.6 is 23.7 Å². The molecule has 23 heavy (non-hydrogen) atoms. The van der Waals surface area contributed by atoms with E-state index in [1.54, 1.807) is 11.3 Å². The molecule has 122 valence electrons. The van der Waals surface area contributed by atoms with Gasteiger partial charge in [0.05, 0.1) is 5.54 Å². The maximum Gasteiger partial charge on any atom is 0.227 e. The predicted octanol–water partition coefficient (Wildman–Crippen LogP) is 2.73. The topological polar surface area (TPSA) is 104 Å². The quantitative estimate of drug-likeness (QED) is 0.751. The summed E-state index contributed by atoms with van der Waals surface area (Å²) in [5.41, 5.74) is 6.75. The van der Waals surface area contributed by atoms with Crippen LogP contribution in [0.2, 0.25) is 0 Å². The highest BCUT2D eigenvalue weighted by molar-refractivity contribution is 7.08. The molecule has 0 aromatic carbocycles. The van der Waals surface area contributed by atoms with E-state index in [0.717, 1.165) is 24.8 Å². The van der Waals surface area contributed by atoms with Crippen molar-refractivity contribution in [1.82, 2.24) is 20.3 Å². The number of halogens is 1. The molecule has 1 saturated carbocycles. The van der Waals surface area contributed by atoms with Crippen LogP contribution in [0.15, 0.2) is 25.9 Å².